The summed E-state index contributed by atoms with van der Waals surface area (Å²) in [5, 5.41) is 0. The Hall–Kier alpha value is -2.00. The second kappa shape index (κ2) is 6.25. The second-order valence-electron chi connectivity index (χ2n) is 4.47. The topological polar surface area (TPSA) is 44.5 Å². The van der Waals surface area contributed by atoms with E-state index in [2.05, 4.69) is 0 Å². The molecule has 2 aromatic carbocycles. The van der Waals surface area contributed by atoms with E-state index in [1.54, 1.807) is 7.11 Å². The monoisotopic (exact) mass is 257 g/mol. The van der Waals surface area contributed by atoms with Gasteiger partial charge in [-0.2, -0.15) is 0 Å². The summed E-state index contributed by atoms with van der Waals surface area (Å²) in [6, 6.07) is 15.8. The van der Waals surface area contributed by atoms with Crippen LogP contribution < -0.4 is 15.2 Å². The van der Waals surface area contributed by atoms with E-state index in [1.165, 1.54) is 0 Å². The fourth-order valence-corrected chi connectivity index (χ4v) is 1.82. The average Bonchev–Trinajstić information content (AvgIpc) is 2.45. The van der Waals surface area contributed by atoms with Crippen molar-refractivity contribution in [1.29, 1.82) is 0 Å². The SMILES string of the molecule is COc1ccc([C@@H](C)N)cc1OCc1ccccc1. The lowest BCUT2D eigenvalue weighted by atomic mass is 10.1. The first-order valence-electron chi connectivity index (χ1n) is 6.31. The number of rotatable bonds is 5. The fourth-order valence-electron chi connectivity index (χ4n) is 1.82. The van der Waals surface area contributed by atoms with Crippen LogP contribution in [0.1, 0.15) is 24.1 Å². The predicted molar refractivity (Wildman–Crippen MR) is 76.4 cm³/mol. The summed E-state index contributed by atoms with van der Waals surface area (Å²) >= 11 is 0. The third-order valence-corrected chi connectivity index (χ3v) is 2.95. The molecule has 2 N–H and O–H groups in total. The predicted octanol–water partition coefficient (Wildman–Crippen LogP) is 3.29. The number of nitrogens with two attached hydrogens (primary N) is 1. The molecule has 0 aliphatic rings. The minimum Gasteiger partial charge on any atom is -0.493 e. The van der Waals surface area contributed by atoms with Crippen molar-refractivity contribution in [1.82, 2.24) is 0 Å². The first-order chi connectivity index (χ1) is 9.20. The van der Waals surface area contributed by atoms with Gasteiger partial charge >= 0.3 is 0 Å². The van der Waals surface area contributed by atoms with Gasteiger partial charge in [0.15, 0.2) is 11.5 Å². The summed E-state index contributed by atoms with van der Waals surface area (Å²) in [7, 11) is 1.64. The van der Waals surface area contributed by atoms with E-state index in [0.29, 0.717) is 6.61 Å². The summed E-state index contributed by atoms with van der Waals surface area (Å²) < 4.78 is 11.1. The lowest BCUT2D eigenvalue weighted by Gasteiger charge is -2.14. The number of ether oxygens (including phenoxy) is 2. The molecule has 100 valence electrons. The Labute approximate surface area is 114 Å². The number of hydrogen-bond acceptors (Lipinski definition) is 3. The second-order valence-corrected chi connectivity index (χ2v) is 4.47. The molecule has 0 fully saturated rings. The van der Waals surface area contributed by atoms with Crippen LogP contribution >= 0.6 is 0 Å². The largest absolute Gasteiger partial charge is 0.493 e. The van der Waals surface area contributed by atoms with Crippen molar-refractivity contribution in [3.05, 3.63) is 59.7 Å². The number of methoxy groups -OCH3 is 1. The van der Waals surface area contributed by atoms with E-state index in [9.17, 15) is 0 Å². The van der Waals surface area contributed by atoms with Gasteiger partial charge in [-0.1, -0.05) is 36.4 Å². The van der Waals surface area contributed by atoms with Crippen molar-refractivity contribution in [2.45, 2.75) is 19.6 Å². The van der Waals surface area contributed by atoms with Crippen molar-refractivity contribution >= 4 is 0 Å². The minimum atomic E-state index is -0.0232. The van der Waals surface area contributed by atoms with Gasteiger partial charge in [0, 0.05) is 6.04 Å². The first-order valence-corrected chi connectivity index (χ1v) is 6.31. The Morgan fingerprint density at radius 3 is 2.42 bits per heavy atom. The summed E-state index contributed by atoms with van der Waals surface area (Å²) in [6.45, 7) is 2.46. The van der Waals surface area contributed by atoms with Gasteiger partial charge in [-0.25, -0.2) is 0 Å². The molecule has 0 amide bonds. The van der Waals surface area contributed by atoms with Crippen molar-refractivity contribution < 1.29 is 9.47 Å². The molecule has 0 aromatic heterocycles. The average molecular weight is 257 g/mol. The lowest BCUT2D eigenvalue weighted by Crippen LogP contribution is -2.06. The summed E-state index contributed by atoms with van der Waals surface area (Å²) in [5.41, 5.74) is 8.04. The van der Waals surface area contributed by atoms with Crippen molar-refractivity contribution in [3.8, 4) is 11.5 Å². The van der Waals surface area contributed by atoms with Gasteiger partial charge in [0.1, 0.15) is 6.61 Å². The molecular weight excluding hydrogens is 238 g/mol. The Kier molecular flexibility index (Phi) is 4.42. The Morgan fingerprint density at radius 1 is 1.05 bits per heavy atom. The normalized spacial score (nSPS) is 11.9. The highest BCUT2D eigenvalue weighted by Gasteiger charge is 2.08. The highest BCUT2D eigenvalue weighted by molar-refractivity contribution is 5.43. The van der Waals surface area contributed by atoms with Crippen molar-refractivity contribution in [3.63, 3.8) is 0 Å². The summed E-state index contributed by atoms with van der Waals surface area (Å²) in [4.78, 5) is 0. The van der Waals surface area contributed by atoms with Gasteiger partial charge in [0.05, 0.1) is 7.11 Å². The van der Waals surface area contributed by atoms with Crippen LogP contribution in [0, 0.1) is 0 Å². The van der Waals surface area contributed by atoms with Crippen LogP contribution in [0.4, 0.5) is 0 Å². The van der Waals surface area contributed by atoms with E-state index < -0.39 is 0 Å². The maximum absolute atomic E-state index is 5.89. The molecule has 0 spiro atoms. The maximum Gasteiger partial charge on any atom is 0.161 e. The fraction of sp³-hybridized carbons (Fsp3) is 0.250. The van der Waals surface area contributed by atoms with E-state index in [-0.39, 0.29) is 6.04 Å². The van der Waals surface area contributed by atoms with Gasteiger partial charge in [0.2, 0.25) is 0 Å². The van der Waals surface area contributed by atoms with Crippen molar-refractivity contribution in [2.75, 3.05) is 7.11 Å². The van der Waals surface area contributed by atoms with E-state index >= 15 is 0 Å². The molecule has 0 saturated carbocycles. The van der Waals surface area contributed by atoms with Gasteiger partial charge in [-0.3, -0.25) is 0 Å². The molecule has 3 nitrogen and oxygen atoms in total. The molecule has 3 heteroatoms. The van der Waals surface area contributed by atoms with Gasteiger partial charge in [-0.05, 0) is 30.2 Å². The van der Waals surface area contributed by atoms with Crippen LogP contribution in [0.25, 0.3) is 0 Å². The van der Waals surface area contributed by atoms with Crippen LogP contribution in [0.15, 0.2) is 48.5 Å². The lowest BCUT2D eigenvalue weighted by molar-refractivity contribution is 0.284. The number of benzene rings is 2. The van der Waals surface area contributed by atoms with Gasteiger partial charge in [0.25, 0.3) is 0 Å². The smallest absolute Gasteiger partial charge is 0.161 e. The highest BCUT2D eigenvalue weighted by atomic mass is 16.5. The zero-order chi connectivity index (χ0) is 13.7. The zero-order valence-corrected chi connectivity index (χ0v) is 11.3. The third-order valence-electron chi connectivity index (χ3n) is 2.95. The third kappa shape index (κ3) is 3.48. The highest BCUT2D eigenvalue weighted by Crippen LogP contribution is 2.30. The molecule has 0 aliphatic heterocycles. The van der Waals surface area contributed by atoms with Crippen LogP contribution in [0.5, 0.6) is 11.5 Å². The summed E-state index contributed by atoms with van der Waals surface area (Å²) in [6.07, 6.45) is 0. The molecule has 1 atom stereocenters. The van der Waals surface area contributed by atoms with Crippen LogP contribution in [0.2, 0.25) is 0 Å². The van der Waals surface area contributed by atoms with E-state index in [4.69, 9.17) is 15.2 Å². The van der Waals surface area contributed by atoms with Gasteiger partial charge in [-0.15, -0.1) is 0 Å². The van der Waals surface area contributed by atoms with E-state index in [1.807, 2.05) is 55.5 Å². The zero-order valence-electron chi connectivity index (χ0n) is 11.3. The Bertz CT molecular complexity index is 524. The van der Waals surface area contributed by atoms with E-state index in [0.717, 1.165) is 22.6 Å². The molecular formula is C16H19NO2. The molecule has 0 unspecified atom stereocenters. The molecule has 0 aliphatic carbocycles. The molecule has 0 bridgehead atoms. The van der Waals surface area contributed by atoms with Crippen molar-refractivity contribution in [2.24, 2.45) is 5.73 Å². The standard InChI is InChI=1S/C16H19NO2/c1-12(17)14-8-9-15(18-2)16(10-14)19-11-13-6-4-3-5-7-13/h3-10,12H,11,17H2,1-2H3/t12-/m1/s1. The molecule has 19 heavy (non-hydrogen) atoms. The molecule has 2 rings (SSSR count). The number of hydrogen-bond donors (Lipinski definition) is 1. The first kappa shape index (κ1) is 13.4. The molecule has 0 radical (unpaired) electrons. The molecule has 0 saturated heterocycles. The molecule has 2 aromatic rings. The molecule has 0 heterocycles. The Balaban J connectivity index is 2.16. The van der Waals surface area contributed by atoms with Crippen LogP contribution in [-0.4, -0.2) is 7.11 Å². The Morgan fingerprint density at radius 2 is 1.79 bits per heavy atom. The van der Waals surface area contributed by atoms with Crippen LogP contribution in [0.3, 0.4) is 0 Å². The maximum atomic E-state index is 5.89. The van der Waals surface area contributed by atoms with Gasteiger partial charge < -0.3 is 15.2 Å². The summed E-state index contributed by atoms with van der Waals surface area (Å²) in [5.74, 6) is 1.45. The minimum absolute atomic E-state index is 0.0232. The van der Waals surface area contributed by atoms with Crippen LogP contribution in [-0.2, 0) is 6.61 Å². The quantitative estimate of drug-likeness (QED) is 0.893.